The molecule has 0 fully saturated rings. The summed E-state index contributed by atoms with van der Waals surface area (Å²) in [5.74, 6) is 0. The Morgan fingerprint density at radius 1 is 1.00 bits per heavy atom. The summed E-state index contributed by atoms with van der Waals surface area (Å²) < 4.78 is 0. The second-order valence-electron chi connectivity index (χ2n) is 0. The van der Waals surface area contributed by atoms with Crippen molar-refractivity contribution in [3.05, 3.63) is 0 Å². The van der Waals surface area contributed by atoms with E-state index in [0.717, 1.165) is 0 Å². The van der Waals surface area contributed by atoms with Gasteiger partial charge in [-0.25, -0.2) is 0 Å². The summed E-state index contributed by atoms with van der Waals surface area (Å²) in [4.78, 5) is 0. The van der Waals surface area contributed by atoms with Crippen LogP contribution in [0.3, 0.4) is 0 Å². The predicted molar refractivity (Wildman–Crippen MR) is 19.9 cm³/mol. The Morgan fingerprint density at radius 2 is 1.00 bits per heavy atom. The molecule has 0 aliphatic heterocycles. The Labute approximate surface area is 81.4 Å². The minimum absolute atomic E-state index is 0. The molecule has 0 aliphatic carbocycles. The van der Waals surface area contributed by atoms with Gasteiger partial charge in [0.25, 0.3) is 0 Å². The van der Waals surface area contributed by atoms with Gasteiger partial charge in [-0.2, -0.15) is 0 Å². The van der Waals surface area contributed by atoms with Crippen LogP contribution in [-0.2, 0) is 34.1 Å². The molecule has 0 N–H and O–H groups in total. The molecular weight excluding hydrogens is 187 g/mol. The summed E-state index contributed by atoms with van der Waals surface area (Å²) >= 11 is 0. The molecule has 0 bridgehead atoms. The molecule has 0 aromatic heterocycles. The standard InChI is InChI=1S/Ca.Cu.Mn.H4Si.2H/h;;;1H4;;. The van der Waals surface area contributed by atoms with Crippen LogP contribution >= 0.6 is 0 Å². The van der Waals surface area contributed by atoms with Crippen molar-refractivity contribution >= 4 is 48.7 Å². The Hall–Kier alpha value is 2.52. The maximum Gasteiger partial charge on any atom is 0 e. The molecular formula is H6CaCuMnSi. The fraction of sp³-hybridized carbons (Fsp3) is 0. The van der Waals surface area contributed by atoms with Crippen LogP contribution in [0.5, 0.6) is 0 Å². The van der Waals surface area contributed by atoms with Crippen LogP contribution in [0.15, 0.2) is 0 Å². The molecule has 0 aliphatic rings. The third-order valence-electron chi connectivity index (χ3n) is 0. The Morgan fingerprint density at radius 3 is 1.00 bits per heavy atom. The normalized spacial score (nSPS) is 0. The molecule has 0 heterocycles. The first-order valence-electron chi connectivity index (χ1n) is 0. The molecule has 0 saturated heterocycles. The van der Waals surface area contributed by atoms with Crippen molar-refractivity contribution in [3.8, 4) is 0 Å². The molecule has 30 valence electrons. The molecule has 0 amide bonds. The van der Waals surface area contributed by atoms with Crippen LogP contribution < -0.4 is 0 Å². The third-order valence-corrected chi connectivity index (χ3v) is 0. The van der Waals surface area contributed by atoms with E-state index in [9.17, 15) is 0 Å². The molecule has 0 rings (SSSR count). The molecule has 0 unspecified atom stereocenters. The summed E-state index contributed by atoms with van der Waals surface area (Å²) in [5.41, 5.74) is 0. The van der Waals surface area contributed by atoms with Crippen molar-refractivity contribution in [3.63, 3.8) is 0 Å². The summed E-state index contributed by atoms with van der Waals surface area (Å²) in [6, 6.07) is 0. The van der Waals surface area contributed by atoms with E-state index >= 15 is 0 Å². The minimum Gasteiger partial charge on any atom is -0.0149 e. The molecule has 0 aromatic rings. The average molecular weight is 193 g/mol. The van der Waals surface area contributed by atoms with E-state index < -0.39 is 0 Å². The quantitative estimate of drug-likeness (QED) is 0.377. The average Bonchev–Trinajstić information content (AvgIpc) is 0. The van der Waals surface area contributed by atoms with Crippen molar-refractivity contribution in [2.24, 2.45) is 0 Å². The molecule has 0 nitrogen and oxygen atoms in total. The van der Waals surface area contributed by atoms with Crippen LogP contribution in [0, 0.1) is 0 Å². The zero-order valence-corrected chi connectivity index (χ0v) is 2.80. The van der Waals surface area contributed by atoms with Gasteiger partial charge in [-0.3, -0.25) is 0 Å². The van der Waals surface area contributed by atoms with Crippen molar-refractivity contribution in [2.75, 3.05) is 0 Å². The van der Waals surface area contributed by atoms with Gasteiger partial charge >= 0.3 is 37.7 Å². The van der Waals surface area contributed by atoms with Gasteiger partial charge in [0.2, 0.25) is 0 Å². The second kappa shape index (κ2) is 17.8. The monoisotopic (exact) mass is 192 g/mol. The molecule has 4 heavy (non-hydrogen) atoms. The first-order valence-corrected chi connectivity index (χ1v) is 0. The SMILES string of the molecule is [CaH2].[Cu].[Mn].[SiH4]. The summed E-state index contributed by atoms with van der Waals surface area (Å²) in [6.07, 6.45) is 0. The van der Waals surface area contributed by atoms with Gasteiger partial charge in [-0.1, -0.05) is 0 Å². The van der Waals surface area contributed by atoms with Crippen LogP contribution in [0.25, 0.3) is 0 Å². The number of rotatable bonds is 0. The molecule has 0 atom stereocenters. The number of hydrogen-bond acceptors (Lipinski definition) is 0. The van der Waals surface area contributed by atoms with Gasteiger partial charge < -0.3 is 0 Å². The first kappa shape index (κ1) is 31.3. The summed E-state index contributed by atoms with van der Waals surface area (Å²) in [7, 11) is 0. The van der Waals surface area contributed by atoms with Crippen molar-refractivity contribution < 1.29 is 34.1 Å². The zero-order valence-electron chi connectivity index (χ0n) is 0.679. The summed E-state index contributed by atoms with van der Waals surface area (Å²) in [6.45, 7) is 0. The van der Waals surface area contributed by atoms with E-state index in [1.54, 1.807) is 0 Å². The Kier molecular flexibility index (Phi) is 139. The van der Waals surface area contributed by atoms with Crippen molar-refractivity contribution in [1.29, 1.82) is 0 Å². The largest absolute Gasteiger partial charge is 0.0149 e. The maximum absolute atomic E-state index is 0. The zero-order chi connectivity index (χ0) is 0. The van der Waals surface area contributed by atoms with Gasteiger partial charge in [-0.15, -0.1) is 0 Å². The predicted octanol–water partition coefficient (Wildman–Crippen LogP) is -2.37. The fourth-order valence-electron chi connectivity index (χ4n) is 0. The second-order valence-corrected chi connectivity index (χ2v) is 0. The van der Waals surface area contributed by atoms with Crippen LogP contribution in [0.4, 0.5) is 0 Å². The van der Waals surface area contributed by atoms with E-state index in [1.807, 2.05) is 0 Å². The van der Waals surface area contributed by atoms with Gasteiger partial charge in [0.15, 0.2) is 0 Å². The molecule has 2 radical (unpaired) electrons. The van der Waals surface area contributed by atoms with E-state index in [2.05, 4.69) is 0 Å². The summed E-state index contributed by atoms with van der Waals surface area (Å²) in [5, 5.41) is 0. The van der Waals surface area contributed by atoms with E-state index in [-0.39, 0.29) is 82.8 Å². The maximum atomic E-state index is 0. The fourth-order valence-corrected chi connectivity index (χ4v) is 0. The van der Waals surface area contributed by atoms with Gasteiger partial charge in [0, 0.05) is 34.1 Å². The van der Waals surface area contributed by atoms with E-state index in [0.29, 0.717) is 0 Å². The minimum atomic E-state index is 0. The Bertz CT molecular complexity index is 8.00. The van der Waals surface area contributed by atoms with E-state index in [1.165, 1.54) is 0 Å². The molecule has 4 heteroatoms. The van der Waals surface area contributed by atoms with Gasteiger partial charge in [0.1, 0.15) is 0 Å². The third kappa shape index (κ3) is 8.82. The van der Waals surface area contributed by atoms with E-state index in [4.69, 9.17) is 0 Å². The smallest absolute Gasteiger partial charge is 0 e. The van der Waals surface area contributed by atoms with Gasteiger partial charge in [0.05, 0.1) is 0 Å². The van der Waals surface area contributed by atoms with Crippen LogP contribution in [-0.4, -0.2) is 48.7 Å². The number of hydrogen-bond donors (Lipinski definition) is 0. The topological polar surface area (TPSA) is 0 Å². The molecule has 0 aromatic carbocycles. The first-order chi connectivity index (χ1) is 0. The van der Waals surface area contributed by atoms with Crippen molar-refractivity contribution in [1.82, 2.24) is 0 Å². The van der Waals surface area contributed by atoms with Gasteiger partial charge in [-0.05, 0) is 11.0 Å². The van der Waals surface area contributed by atoms with Crippen molar-refractivity contribution in [2.45, 2.75) is 0 Å². The van der Waals surface area contributed by atoms with Crippen LogP contribution in [0.1, 0.15) is 0 Å². The molecule has 0 spiro atoms. The van der Waals surface area contributed by atoms with Crippen LogP contribution in [0.2, 0.25) is 0 Å². The molecule has 0 saturated carbocycles. The Balaban J connectivity index is 0.